The van der Waals surface area contributed by atoms with E-state index in [9.17, 15) is 9.59 Å². The van der Waals surface area contributed by atoms with E-state index in [1.807, 2.05) is 30.6 Å². The van der Waals surface area contributed by atoms with E-state index in [-0.39, 0.29) is 29.7 Å². The Bertz CT molecular complexity index is 582. The van der Waals surface area contributed by atoms with E-state index in [1.54, 1.807) is 0 Å². The summed E-state index contributed by atoms with van der Waals surface area (Å²) < 4.78 is -0.545. The summed E-state index contributed by atoms with van der Waals surface area (Å²) in [6, 6.07) is 0.0378. The van der Waals surface area contributed by atoms with Crippen LogP contribution in [0.5, 0.6) is 0 Å². The van der Waals surface area contributed by atoms with Gasteiger partial charge in [-0.15, -0.1) is 0 Å². The average Bonchev–Trinajstić information content (AvgIpc) is 3.17. The summed E-state index contributed by atoms with van der Waals surface area (Å²) >= 11 is 14.3. The van der Waals surface area contributed by atoms with Crippen molar-refractivity contribution in [2.45, 2.75) is 46.1 Å². The molecular formula is C15H20Br4N2O2. The van der Waals surface area contributed by atoms with Crippen LogP contribution < -0.4 is 0 Å². The van der Waals surface area contributed by atoms with Crippen molar-refractivity contribution in [2.24, 2.45) is 10.8 Å². The highest BCUT2D eigenvalue weighted by Gasteiger charge is 2.69. The maximum atomic E-state index is 12.8. The first-order valence-corrected chi connectivity index (χ1v) is 10.9. The molecule has 0 spiro atoms. The van der Waals surface area contributed by atoms with Crippen LogP contribution >= 0.6 is 63.7 Å². The number of nitrogens with zero attached hydrogens (tertiary/aromatic N) is 2. The number of hydrogen-bond acceptors (Lipinski definition) is 2. The number of rotatable bonds is 2. The van der Waals surface area contributed by atoms with Crippen LogP contribution in [0, 0.1) is 10.8 Å². The van der Waals surface area contributed by atoms with Crippen LogP contribution in [0.2, 0.25) is 0 Å². The lowest BCUT2D eigenvalue weighted by molar-refractivity contribution is -0.148. The molecule has 0 N–H and O–H groups in total. The van der Waals surface area contributed by atoms with Crippen molar-refractivity contribution in [3.63, 3.8) is 0 Å². The van der Waals surface area contributed by atoms with Crippen molar-refractivity contribution >= 4 is 75.5 Å². The van der Waals surface area contributed by atoms with Gasteiger partial charge in [0.2, 0.25) is 11.8 Å². The lowest BCUT2D eigenvalue weighted by Crippen LogP contribution is -2.58. The fraction of sp³-hybridized carbons (Fsp3) is 0.867. The van der Waals surface area contributed by atoms with E-state index in [0.29, 0.717) is 19.6 Å². The van der Waals surface area contributed by atoms with Crippen molar-refractivity contribution < 1.29 is 9.59 Å². The molecule has 8 heteroatoms. The zero-order valence-corrected chi connectivity index (χ0v) is 19.7. The van der Waals surface area contributed by atoms with Gasteiger partial charge in [-0.05, 0) is 33.6 Å². The van der Waals surface area contributed by atoms with E-state index >= 15 is 0 Å². The Balaban J connectivity index is 1.65. The molecule has 2 aliphatic carbocycles. The first-order valence-electron chi connectivity index (χ1n) is 7.72. The third-order valence-corrected chi connectivity index (χ3v) is 10.3. The van der Waals surface area contributed by atoms with Gasteiger partial charge in [0.15, 0.2) is 0 Å². The van der Waals surface area contributed by atoms with Gasteiger partial charge in [-0.25, -0.2) is 0 Å². The molecular weight excluding hydrogens is 560 g/mol. The minimum atomic E-state index is -0.392. The van der Waals surface area contributed by atoms with Crippen molar-refractivity contribution in [1.29, 1.82) is 0 Å². The van der Waals surface area contributed by atoms with Crippen LogP contribution in [0.4, 0.5) is 0 Å². The van der Waals surface area contributed by atoms with E-state index in [0.717, 1.165) is 12.8 Å². The highest BCUT2D eigenvalue weighted by molar-refractivity contribution is 9.26. The average molecular weight is 580 g/mol. The van der Waals surface area contributed by atoms with Gasteiger partial charge in [0, 0.05) is 25.7 Å². The van der Waals surface area contributed by atoms with E-state index in [2.05, 4.69) is 63.7 Å². The fourth-order valence-corrected chi connectivity index (χ4v) is 6.29. The Morgan fingerprint density at radius 2 is 1.35 bits per heavy atom. The largest absolute Gasteiger partial charge is 0.338 e. The Morgan fingerprint density at radius 3 is 1.74 bits per heavy atom. The Morgan fingerprint density at radius 1 is 0.913 bits per heavy atom. The molecule has 4 nitrogen and oxygen atoms in total. The molecule has 3 fully saturated rings. The summed E-state index contributed by atoms with van der Waals surface area (Å²) in [5.41, 5.74) is -0.779. The van der Waals surface area contributed by atoms with Crippen LogP contribution in [0.3, 0.4) is 0 Å². The first kappa shape index (κ1) is 18.6. The van der Waals surface area contributed by atoms with Crippen molar-refractivity contribution in [3.05, 3.63) is 0 Å². The lowest BCUT2D eigenvalue weighted by Gasteiger charge is -2.42. The van der Waals surface area contributed by atoms with Crippen LogP contribution in [-0.2, 0) is 9.59 Å². The number of hydrogen-bond donors (Lipinski definition) is 0. The topological polar surface area (TPSA) is 40.6 Å². The quantitative estimate of drug-likeness (QED) is 0.467. The number of carbonyl (C=O) groups is 2. The summed E-state index contributed by atoms with van der Waals surface area (Å²) in [7, 11) is 0. The van der Waals surface area contributed by atoms with Gasteiger partial charge < -0.3 is 9.80 Å². The normalized spacial score (nSPS) is 40.7. The van der Waals surface area contributed by atoms with Crippen LogP contribution in [-0.4, -0.2) is 53.8 Å². The first-order chi connectivity index (χ1) is 10.4. The second kappa shape index (κ2) is 5.43. The monoisotopic (exact) mass is 576 g/mol. The number of carbonyl (C=O) groups excluding carboxylic acids is 2. The predicted octanol–water partition coefficient (Wildman–Crippen LogP) is 3.84. The Labute approximate surface area is 170 Å². The Hall–Kier alpha value is 0.860. The van der Waals surface area contributed by atoms with Gasteiger partial charge in [-0.2, -0.15) is 0 Å². The zero-order valence-electron chi connectivity index (χ0n) is 13.3. The molecule has 3 rings (SSSR count). The van der Waals surface area contributed by atoms with Crippen LogP contribution in [0.1, 0.15) is 33.6 Å². The molecule has 1 heterocycles. The molecule has 0 aromatic heterocycles. The highest BCUT2D eigenvalue weighted by atomic mass is 79.9. The third kappa shape index (κ3) is 2.78. The number of amides is 2. The summed E-state index contributed by atoms with van der Waals surface area (Å²) in [6.45, 7) is 7.80. The second-order valence-electron chi connectivity index (χ2n) is 7.53. The summed E-state index contributed by atoms with van der Waals surface area (Å²) in [6.07, 6.45) is 1.58. The van der Waals surface area contributed by atoms with Crippen molar-refractivity contribution in [2.75, 3.05) is 19.6 Å². The highest BCUT2D eigenvalue weighted by Crippen LogP contribution is 2.68. The second-order valence-corrected chi connectivity index (χ2v) is 15.1. The van der Waals surface area contributed by atoms with Crippen LogP contribution in [0.15, 0.2) is 0 Å². The van der Waals surface area contributed by atoms with Crippen molar-refractivity contribution in [1.82, 2.24) is 9.80 Å². The molecule has 0 radical (unpaired) electrons. The van der Waals surface area contributed by atoms with Gasteiger partial charge in [0.05, 0.1) is 17.3 Å². The molecule has 3 aliphatic rings. The molecule has 0 unspecified atom stereocenters. The molecule has 0 aromatic rings. The summed E-state index contributed by atoms with van der Waals surface area (Å²) in [5, 5.41) is 0. The smallest absolute Gasteiger partial charge is 0.231 e. The third-order valence-electron chi connectivity index (χ3n) is 5.64. The molecule has 130 valence electrons. The number of alkyl halides is 4. The molecule has 23 heavy (non-hydrogen) atoms. The molecule has 1 saturated heterocycles. The van der Waals surface area contributed by atoms with E-state index in [4.69, 9.17) is 0 Å². The maximum absolute atomic E-state index is 12.8. The van der Waals surface area contributed by atoms with E-state index < -0.39 is 5.41 Å². The Kier molecular flexibility index (Phi) is 4.40. The fourth-order valence-electron chi connectivity index (χ4n) is 3.37. The molecule has 2 amide bonds. The zero-order chi connectivity index (χ0) is 17.4. The van der Waals surface area contributed by atoms with Gasteiger partial charge in [0.25, 0.3) is 0 Å². The van der Waals surface area contributed by atoms with E-state index in [1.165, 1.54) is 0 Å². The molecule has 1 aliphatic heterocycles. The number of halogens is 4. The summed E-state index contributed by atoms with van der Waals surface area (Å²) in [4.78, 5) is 29.5. The maximum Gasteiger partial charge on any atom is 0.231 e. The van der Waals surface area contributed by atoms with Gasteiger partial charge in [-0.3, -0.25) is 9.59 Å². The standard InChI is InChI=1S/C15H20Br4N2O2/c1-9-6-20(10(22)12(2)7-14(12,16)17)4-5-21(9)11(23)13(3)8-15(13,18)19/h9H,4-8H2,1-3H3/t9-,12-,13-/m0/s1. The van der Waals surface area contributed by atoms with Crippen molar-refractivity contribution in [3.8, 4) is 0 Å². The number of piperazine rings is 1. The predicted molar refractivity (Wildman–Crippen MR) is 104 cm³/mol. The van der Waals surface area contributed by atoms with Crippen LogP contribution in [0.25, 0.3) is 0 Å². The molecule has 2 saturated carbocycles. The van der Waals surface area contributed by atoms with Gasteiger partial charge in [0.1, 0.15) is 0 Å². The SMILES string of the molecule is C[C@H]1CN(C(=O)[C@]2(C)CC2(Br)Br)CCN1C(=O)[C@]1(C)CC1(Br)Br. The molecule has 3 atom stereocenters. The summed E-state index contributed by atoms with van der Waals surface area (Å²) in [5.74, 6) is 0.331. The minimum absolute atomic E-state index is 0.0378. The molecule has 0 bridgehead atoms. The van der Waals surface area contributed by atoms with Gasteiger partial charge in [-0.1, -0.05) is 63.7 Å². The minimum Gasteiger partial charge on any atom is -0.338 e. The van der Waals surface area contributed by atoms with Gasteiger partial charge >= 0.3 is 0 Å². The lowest BCUT2D eigenvalue weighted by atomic mass is 10.0. The molecule has 0 aromatic carbocycles.